The van der Waals surface area contributed by atoms with Gasteiger partial charge in [-0.3, -0.25) is 4.79 Å². The predicted octanol–water partition coefficient (Wildman–Crippen LogP) is 1.97. The van der Waals surface area contributed by atoms with Crippen LogP contribution < -0.4 is 10.2 Å². The highest BCUT2D eigenvalue weighted by Crippen LogP contribution is 2.31. The standard InChI is InChI=1S/C14H18N4OS/c1-3-10-7-11-13(16-8-17-14(11)20-10)18-5-4-15-12(19)6-9(18)2/h7-9H,3-6H2,1-2H3,(H,15,19). The van der Waals surface area contributed by atoms with E-state index in [1.807, 2.05) is 0 Å². The molecular formula is C14H18N4OS. The molecule has 1 aliphatic rings. The van der Waals surface area contributed by atoms with Crippen molar-refractivity contribution in [1.29, 1.82) is 0 Å². The van der Waals surface area contributed by atoms with E-state index in [9.17, 15) is 4.79 Å². The van der Waals surface area contributed by atoms with E-state index < -0.39 is 0 Å². The number of hydrogen-bond donors (Lipinski definition) is 1. The second-order valence-electron chi connectivity index (χ2n) is 5.08. The van der Waals surface area contributed by atoms with Gasteiger partial charge in [0.2, 0.25) is 5.91 Å². The second-order valence-corrected chi connectivity index (χ2v) is 6.19. The van der Waals surface area contributed by atoms with Gasteiger partial charge >= 0.3 is 0 Å². The first kappa shape index (κ1) is 13.3. The highest BCUT2D eigenvalue weighted by molar-refractivity contribution is 7.18. The van der Waals surface area contributed by atoms with Crippen LogP contribution in [0.2, 0.25) is 0 Å². The average Bonchev–Trinajstić information content (AvgIpc) is 2.79. The molecule has 0 spiro atoms. The number of thiophene rings is 1. The lowest BCUT2D eigenvalue weighted by Crippen LogP contribution is -2.35. The Morgan fingerprint density at radius 2 is 2.35 bits per heavy atom. The minimum absolute atomic E-state index is 0.116. The Balaban J connectivity index is 2.04. The quantitative estimate of drug-likeness (QED) is 0.918. The van der Waals surface area contributed by atoms with Crippen molar-refractivity contribution in [2.45, 2.75) is 32.7 Å². The van der Waals surface area contributed by atoms with E-state index >= 15 is 0 Å². The molecule has 0 aromatic carbocycles. The molecule has 0 aliphatic carbocycles. The fraction of sp³-hybridized carbons (Fsp3) is 0.500. The highest BCUT2D eigenvalue weighted by atomic mass is 32.1. The number of amides is 1. The molecule has 1 N–H and O–H groups in total. The van der Waals surface area contributed by atoms with E-state index in [0.29, 0.717) is 13.0 Å². The molecule has 3 rings (SSSR count). The maximum atomic E-state index is 11.6. The van der Waals surface area contributed by atoms with E-state index in [2.05, 4.69) is 40.1 Å². The van der Waals surface area contributed by atoms with Crippen molar-refractivity contribution in [3.63, 3.8) is 0 Å². The zero-order valence-corrected chi connectivity index (χ0v) is 12.5. The lowest BCUT2D eigenvalue weighted by molar-refractivity contribution is -0.120. The lowest BCUT2D eigenvalue weighted by Gasteiger charge is -2.27. The highest BCUT2D eigenvalue weighted by Gasteiger charge is 2.24. The fourth-order valence-corrected chi connectivity index (χ4v) is 3.53. The monoisotopic (exact) mass is 290 g/mol. The Hall–Kier alpha value is -1.69. The largest absolute Gasteiger partial charge is 0.354 e. The van der Waals surface area contributed by atoms with Crippen LogP contribution in [0.5, 0.6) is 0 Å². The van der Waals surface area contributed by atoms with Crippen molar-refractivity contribution in [3.05, 3.63) is 17.3 Å². The zero-order chi connectivity index (χ0) is 14.1. The summed E-state index contributed by atoms with van der Waals surface area (Å²) in [7, 11) is 0. The van der Waals surface area contributed by atoms with Gasteiger partial charge in [0.25, 0.3) is 0 Å². The lowest BCUT2D eigenvalue weighted by atomic mass is 10.2. The maximum absolute atomic E-state index is 11.6. The van der Waals surface area contributed by atoms with Gasteiger partial charge < -0.3 is 10.2 Å². The van der Waals surface area contributed by atoms with Crippen LogP contribution in [0.3, 0.4) is 0 Å². The number of carbonyl (C=O) groups excluding carboxylic acids is 1. The summed E-state index contributed by atoms with van der Waals surface area (Å²) in [5.41, 5.74) is 0. The van der Waals surface area contributed by atoms with Crippen molar-refractivity contribution in [2.75, 3.05) is 18.0 Å². The third kappa shape index (κ3) is 2.35. The Labute approximate surface area is 122 Å². The van der Waals surface area contributed by atoms with Crippen LogP contribution >= 0.6 is 11.3 Å². The summed E-state index contributed by atoms with van der Waals surface area (Å²) in [6, 6.07) is 2.34. The van der Waals surface area contributed by atoms with Gasteiger partial charge in [-0.15, -0.1) is 11.3 Å². The molecule has 2 aromatic rings. The molecule has 1 aliphatic heterocycles. The van der Waals surface area contributed by atoms with E-state index in [1.54, 1.807) is 17.7 Å². The molecule has 1 saturated heterocycles. The Bertz CT molecular complexity index is 639. The molecule has 2 aromatic heterocycles. The summed E-state index contributed by atoms with van der Waals surface area (Å²) in [5, 5.41) is 4.02. The van der Waals surface area contributed by atoms with Crippen molar-refractivity contribution in [2.24, 2.45) is 0 Å². The van der Waals surface area contributed by atoms with Crippen molar-refractivity contribution in [1.82, 2.24) is 15.3 Å². The van der Waals surface area contributed by atoms with Gasteiger partial charge in [0.05, 0.1) is 5.39 Å². The predicted molar refractivity (Wildman–Crippen MR) is 81.2 cm³/mol. The van der Waals surface area contributed by atoms with Crippen LogP contribution in [-0.2, 0) is 11.2 Å². The molecule has 0 radical (unpaired) electrons. The topological polar surface area (TPSA) is 58.1 Å². The van der Waals surface area contributed by atoms with E-state index in [-0.39, 0.29) is 11.9 Å². The van der Waals surface area contributed by atoms with Crippen molar-refractivity contribution >= 4 is 33.3 Å². The third-order valence-electron chi connectivity index (χ3n) is 3.67. The molecule has 0 bridgehead atoms. The van der Waals surface area contributed by atoms with Gasteiger partial charge in [-0.05, 0) is 19.4 Å². The normalized spacial score (nSPS) is 20.0. The van der Waals surface area contributed by atoms with E-state index in [4.69, 9.17) is 0 Å². The minimum atomic E-state index is 0.116. The summed E-state index contributed by atoms with van der Waals surface area (Å²) in [5.74, 6) is 1.07. The molecule has 0 saturated carbocycles. The first-order chi connectivity index (χ1) is 9.69. The van der Waals surface area contributed by atoms with Crippen LogP contribution in [0, 0.1) is 0 Å². The zero-order valence-electron chi connectivity index (χ0n) is 11.7. The Morgan fingerprint density at radius 1 is 1.50 bits per heavy atom. The first-order valence-electron chi connectivity index (χ1n) is 6.95. The number of nitrogens with zero attached hydrogens (tertiary/aromatic N) is 3. The van der Waals surface area contributed by atoms with Crippen LogP contribution in [0.15, 0.2) is 12.4 Å². The number of fused-ring (bicyclic) bond motifs is 1. The number of nitrogens with one attached hydrogen (secondary N) is 1. The Morgan fingerprint density at radius 3 is 3.15 bits per heavy atom. The third-order valence-corrected chi connectivity index (χ3v) is 4.86. The molecule has 6 heteroatoms. The first-order valence-corrected chi connectivity index (χ1v) is 7.77. The molecule has 1 amide bonds. The van der Waals surface area contributed by atoms with Gasteiger partial charge in [0.15, 0.2) is 0 Å². The minimum Gasteiger partial charge on any atom is -0.354 e. The summed E-state index contributed by atoms with van der Waals surface area (Å²) >= 11 is 1.72. The summed E-state index contributed by atoms with van der Waals surface area (Å²) < 4.78 is 0. The smallest absolute Gasteiger partial charge is 0.222 e. The van der Waals surface area contributed by atoms with Gasteiger partial charge in [-0.2, -0.15) is 0 Å². The summed E-state index contributed by atoms with van der Waals surface area (Å²) in [6.45, 7) is 5.68. The number of aryl methyl sites for hydroxylation is 1. The summed E-state index contributed by atoms with van der Waals surface area (Å²) in [6.07, 6.45) is 3.15. The van der Waals surface area contributed by atoms with Crippen LogP contribution in [0.25, 0.3) is 10.2 Å². The summed E-state index contributed by atoms with van der Waals surface area (Å²) in [4.78, 5) is 25.0. The van der Waals surface area contributed by atoms with E-state index in [0.717, 1.165) is 29.0 Å². The van der Waals surface area contributed by atoms with Crippen LogP contribution in [0.1, 0.15) is 25.1 Å². The van der Waals surface area contributed by atoms with Crippen molar-refractivity contribution < 1.29 is 4.79 Å². The van der Waals surface area contributed by atoms with Gasteiger partial charge in [-0.1, -0.05) is 6.92 Å². The molecule has 20 heavy (non-hydrogen) atoms. The number of carbonyl (C=O) groups is 1. The second kappa shape index (κ2) is 5.36. The number of rotatable bonds is 2. The van der Waals surface area contributed by atoms with Gasteiger partial charge in [-0.25, -0.2) is 9.97 Å². The molecule has 1 atom stereocenters. The fourth-order valence-electron chi connectivity index (χ4n) is 2.60. The van der Waals surface area contributed by atoms with Crippen molar-refractivity contribution in [3.8, 4) is 0 Å². The van der Waals surface area contributed by atoms with Gasteiger partial charge in [0, 0.05) is 30.4 Å². The molecular weight excluding hydrogens is 272 g/mol. The number of hydrogen-bond acceptors (Lipinski definition) is 5. The van der Waals surface area contributed by atoms with Gasteiger partial charge in [0.1, 0.15) is 17.0 Å². The molecule has 3 heterocycles. The molecule has 5 nitrogen and oxygen atoms in total. The Kier molecular flexibility index (Phi) is 3.56. The number of anilines is 1. The van der Waals surface area contributed by atoms with E-state index in [1.165, 1.54) is 4.88 Å². The molecule has 106 valence electrons. The maximum Gasteiger partial charge on any atom is 0.222 e. The SMILES string of the molecule is CCc1cc2c(N3CCNC(=O)CC3C)ncnc2s1. The van der Waals surface area contributed by atoms with Crippen LogP contribution in [-0.4, -0.2) is 35.0 Å². The molecule has 1 fully saturated rings. The number of aromatic nitrogens is 2. The molecule has 1 unspecified atom stereocenters. The average molecular weight is 290 g/mol. The van der Waals surface area contributed by atoms with Crippen LogP contribution in [0.4, 0.5) is 5.82 Å².